The highest BCUT2D eigenvalue weighted by Crippen LogP contribution is 2.49. The maximum absolute atomic E-state index is 2.46. The Morgan fingerprint density at radius 3 is 0.566 bits per heavy atom. The fraction of sp³-hybridized carbons (Fsp3) is 0. The van der Waals surface area contributed by atoms with Crippen molar-refractivity contribution >= 4 is 153 Å². The zero-order valence-corrected chi connectivity index (χ0v) is 79.2. The molecule has 7 nitrogen and oxygen atoms in total. The van der Waals surface area contributed by atoms with Crippen LogP contribution in [0.5, 0.6) is 0 Å². The van der Waals surface area contributed by atoms with Crippen molar-refractivity contribution in [1.82, 2.24) is 32.0 Å². The van der Waals surface area contributed by atoms with Gasteiger partial charge in [0.05, 0.1) is 77.2 Å². The molecule has 0 saturated heterocycles. The lowest BCUT2D eigenvalue weighted by Crippen LogP contribution is -1.96. The maximum Gasteiger partial charge on any atom is 0.0548 e. The highest BCUT2D eigenvalue weighted by atomic mass is 15.0. The molecule has 0 amide bonds. The van der Waals surface area contributed by atoms with E-state index in [1.807, 2.05) is 0 Å². The second-order valence-corrected chi connectivity index (χ2v) is 37.7. The first-order valence-electron chi connectivity index (χ1n) is 49.8. The number of nitrogens with zero attached hydrogens (tertiary/aromatic N) is 7. The molecule has 30 aromatic rings. The highest BCUT2D eigenvalue weighted by molar-refractivity contribution is 6.31. The molecule has 0 bridgehead atoms. The molecule has 0 aliphatic heterocycles. The molecule has 7 heteroatoms. The summed E-state index contributed by atoms with van der Waals surface area (Å²) in [6, 6.07) is 200. The third kappa shape index (κ3) is 14.1. The van der Waals surface area contributed by atoms with Crippen LogP contribution in [0.4, 0.5) is 0 Å². The normalized spacial score (nSPS) is 11.7. The van der Waals surface area contributed by atoms with Gasteiger partial charge in [0.15, 0.2) is 0 Å². The van der Waals surface area contributed by atoms with Crippen molar-refractivity contribution in [2.75, 3.05) is 0 Å². The largest absolute Gasteiger partial charge is 0.309 e. The van der Waals surface area contributed by atoms with E-state index < -0.39 is 0 Å². The van der Waals surface area contributed by atoms with Crippen LogP contribution < -0.4 is 0 Å². The van der Waals surface area contributed by atoms with Gasteiger partial charge in [-0.1, -0.05) is 382 Å². The van der Waals surface area contributed by atoms with Gasteiger partial charge in [-0.3, -0.25) is 0 Å². The molecule has 7 heterocycles. The molecule has 0 spiro atoms. The molecule has 678 valence electrons. The van der Waals surface area contributed by atoms with Crippen LogP contribution in [0, 0.1) is 0 Å². The van der Waals surface area contributed by atoms with Crippen molar-refractivity contribution in [2.45, 2.75) is 0 Å². The van der Waals surface area contributed by atoms with E-state index >= 15 is 0 Å². The molecule has 7 aromatic heterocycles. The van der Waals surface area contributed by atoms with Gasteiger partial charge in [-0.2, -0.15) is 0 Å². The Kier molecular flexibility index (Phi) is 20.2. The van der Waals surface area contributed by atoms with Crippen LogP contribution in [0.2, 0.25) is 0 Å². The van der Waals surface area contributed by atoms with Crippen LogP contribution in [0.15, 0.2) is 552 Å². The first-order valence-corrected chi connectivity index (χ1v) is 49.8. The van der Waals surface area contributed by atoms with E-state index in [0.717, 1.165) is 28.4 Å². The van der Waals surface area contributed by atoms with Gasteiger partial charge in [0, 0.05) is 115 Å². The molecule has 23 aromatic carbocycles. The van der Waals surface area contributed by atoms with Crippen LogP contribution in [-0.2, 0) is 0 Å². The second-order valence-electron chi connectivity index (χ2n) is 37.7. The summed E-state index contributed by atoms with van der Waals surface area (Å²) in [6.07, 6.45) is 0. The van der Waals surface area contributed by atoms with Crippen LogP contribution in [0.1, 0.15) is 0 Å². The molecule has 145 heavy (non-hydrogen) atoms. The lowest BCUT2D eigenvalue weighted by Gasteiger charge is -2.12. The number of benzene rings is 23. The maximum atomic E-state index is 2.46. The summed E-state index contributed by atoms with van der Waals surface area (Å²) in [5.74, 6) is 0. The average molecular weight is 1850 g/mol. The van der Waals surface area contributed by atoms with Gasteiger partial charge in [-0.15, -0.1) is 0 Å². The number of hydrogen-bond acceptors (Lipinski definition) is 0. The highest BCUT2D eigenvalue weighted by Gasteiger charge is 2.27. The van der Waals surface area contributed by atoms with Crippen molar-refractivity contribution in [3.05, 3.63) is 552 Å². The Balaban J connectivity index is 0.000000106. The molecular formula is C138H91N7. The fourth-order valence-corrected chi connectivity index (χ4v) is 23.2. The Labute approximate surface area is 837 Å². The van der Waals surface area contributed by atoms with Gasteiger partial charge in [0.25, 0.3) is 0 Å². The van der Waals surface area contributed by atoms with Crippen LogP contribution in [0.3, 0.4) is 0 Å². The third-order valence-electron chi connectivity index (χ3n) is 29.7. The molecule has 0 radical (unpaired) electrons. The predicted octanol–water partition coefficient (Wildman–Crippen LogP) is 36.7. The van der Waals surface area contributed by atoms with E-state index in [4.69, 9.17) is 0 Å². The fourth-order valence-electron chi connectivity index (χ4n) is 23.2. The van der Waals surface area contributed by atoms with Crippen LogP contribution in [-0.4, -0.2) is 32.0 Å². The van der Waals surface area contributed by atoms with Crippen LogP contribution in [0.25, 0.3) is 259 Å². The van der Waals surface area contributed by atoms with Gasteiger partial charge in [-0.05, 0) is 237 Å². The molecule has 0 aliphatic rings. The van der Waals surface area contributed by atoms with E-state index in [1.165, 1.54) is 231 Å². The summed E-state index contributed by atoms with van der Waals surface area (Å²) < 4.78 is 17.0. The van der Waals surface area contributed by atoms with Crippen molar-refractivity contribution in [3.63, 3.8) is 0 Å². The van der Waals surface area contributed by atoms with Gasteiger partial charge in [-0.25, -0.2) is 0 Å². The Morgan fingerprint density at radius 1 is 0.0828 bits per heavy atom. The quantitative estimate of drug-likeness (QED) is 0.110. The summed E-state index contributed by atoms with van der Waals surface area (Å²) in [5, 5.41) is 17.7. The van der Waals surface area contributed by atoms with Gasteiger partial charge < -0.3 is 32.0 Å². The summed E-state index contributed by atoms with van der Waals surface area (Å²) in [5.41, 5.74) is 39.7. The zero-order chi connectivity index (χ0) is 95.5. The molecular weight excluding hydrogens is 1760 g/mol. The molecule has 0 aliphatic carbocycles. The lowest BCUT2D eigenvalue weighted by molar-refractivity contribution is 1.16. The standard InChI is InChI=1S/C48H31N3.C48H32N2.C42H28N2/c1-3-13-32(14-4-1)33-23-25-35(26-24-33)50-42-21-11-8-18-38(42)47-45(50)29-30-46-48(47)39-19-9-12-22-43(39)51(46)36-27-28-44-40(31-36)37-17-7-10-20-41(37)49(44)34-15-5-2-6-16-34;1-3-12-33(13-4-1)35-22-24-37(25-23-35)38-16-11-17-40(32-38)50-44-21-10-8-19-42(44)48-46(50)31-30-45-47(48)41-18-7-9-20-43(41)49(45)39-28-26-36(27-29-39)34-14-5-2-6-15-34;1-3-12-29(13-4-1)30-22-24-31(25-23-30)32-14-11-17-34(26-32)44-40-21-10-8-19-36(40)38-27-41-37(28-42(38)44)35-18-7-9-20-39(35)43(41)33-15-5-2-6-16-33/h1-31H;1-32H;1-28H. The van der Waals surface area contributed by atoms with Gasteiger partial charge in [0.1, 0.15) is 0 Å². The molecule has 0 atom stereocenters. The molecule has 0 unspecified atom stereocenters. The summed E-state index contributed by atoms with van der Waals surface area (Å²) in [7, 11) is 0. The van der Waals surface area contributed by atoms with E-state index in [1.54, 1.807) is 0 Å². The van der Waals surface area contributed by atoms with E-state index in [2.05, 4.69) is 584 Å². The summed E-state index contributed by atoms with van der Waals surface area (Å²) >= 11 is 0. The van der Waals surface area contributed by atoms with Crippen molar-refractivity contribution in [1.29, 1.82) is 0 Å². The second kappa shape index (κ2) is 34.9. The minimum Gasteiger partial charge on any atom is -0.309 e. The van der Waals surface area contributed by atoms with E-state index in [-0.39, 0.29) is 0 Å². The van der Waals surface area contributed by atoms with Crippen molar-refractivity contribution < 1.29 is 0 Å². The Morgan fingerprint density at radius 2 is 0.255 bits per heavy atom. The number of hydrogen-bond donors (Lipinski definition) is 0. The van der Waals surface area contributed by atoms with E-state index in [9.17, 15) is 0 Å². The van der Waals surface area contributed by atoms with E-state index in [0.29, 0.717) is 0 Å². The Bertz CT molecular complexity index is 10300. The molecule has 30 rings (SSSR count). The van der Waals surface area contributed by atoms with Crippen LogP contribution >= 0.6 is 0 Å². The number of para-hydroxylation sites is 9. The monoisotopic (exact) mass is 1850 g/mol. The average Bonchev–Trinajstić information content (AvgIpc) is 1.54. The summed E-state index contributed by atoms with van der Waals surface area (Å²) in [6.45, 7) is 0. The lowest BCUT2D eigenvalue weighted by atomic mass is 10.00. The topological polar surface area (TPSA) is 34.5 Å². The van der Waals surface area contributed by atoms with Crippen molar-refractivity contribution in [2.24, 2.45) is 0 Å². The molecule has 0 N–H and O–H groups in total. The minimum absolute atomic E-state index is 1.15. The first-order chi connectivity index (χ1) is 72.0. The number of fused-ring (bicyclic) bond motifs is 23. The minimum atomic E-state index is 1.15. The number of rotatable bonds is 13. The first kappa shape index (κ1) is 83.8. The molecule has 0 fully saturated rings. The van der Waals surface area contributed by atoms with Crippen molar-refractivity contribution in [3.8, 4) is 107 Å². The SMILES string of the molecule is c1ccc(-c2ccc(-c3cccc(-n4c5ccccc5c5c6c7ccccc7n(-c7ccc(-c8ccccc8)cc7)c6ccc54)c3)cc2)cc1.c1ccc(-c2ccc(-c3cccc(-n4c5ccccc5c5cc6c(cc54)c4ccccc4n6-c4ccccc4)c3)cc2)cc1.c1ccc(-c2ccc(-n3c4ccccc4c4c5c6ccccc6n(-c6ccc7c(c6)c6ccccc6n7-c6ccccc6)c5ccc43)cc2)cc1. The smallest absolute Gasteiger partial charge is 0.0548 e. The third-order valence-corrected chi connectivity index (χ3v) is 29.7. The molecule has 0 saturated carbocycles. The summed E-state index contributed by atoms with van der Waals surface area (Å²) in [4.78, 5) is 0. The number of aromatic nitrogens is 7. The zero-order valence-electron chi connectivity index (χ0n) is 79.2. The van der Waals surface area contributed by atoms with Gasteiger partial charge in [0.2, 0.25) is 0 Å². The predicted molar refractivity (Wildman–Crippen MR) is 612 cm³/mol. The van der Waals surface area contributed by atoms with Gasteiger partial charge >= 0.3 is 0 Å². The Hall–Kier alpha value is -19.3.